The van der Waals surface area contributed by atoms with E-state index in [1.807, 2.05) is 12.1 Å². The highest BCUT2D eigenvalue weighted by atomic mass is 32.2. The lowest BCUT2D eigenvalue weighted by molar-refractivity contribution is 0.0846. The maximum atomic E-state index is 12.5. The summed E-state index contributed by atoms with van der Waals surface area (Å²) in [5.41, 5.74) is 5.40. The van der Waals surface area contributed by atoms with E-state index in [4.69, 9.17) is 0 Å². The van der Waals surface area contributed by atoms with Gasteiger partial charge in [0, 0.05) is 34.4 Å². The van der Waals surface area contributed by atoms with E-state index in [1.165, 1.54) is 28.6 Å². The van der Waals surface area contributed by atoms with Crippen LogP contribution in [0.2, 0.25) is 0 Å². The molecule has 1 aliphatic rings. The first-order chi connectivity index (χ1) is 14.3. The van der Waals surface area contributed by atoms with Crippen molar-refractivity contribution >= 4 is 33.6 Å². The third kappa shape index (κ3) is 5.41. The van der Waals surface area contributed by atoms with Crippen LogP contribution in [0.15, 0.2) is 58.3 Å². The average Bonchev–Trinajstić information content (AvgIpc) is 3.28. The number of hydrogen-bond acceptors (Lipinski definition) is 5. The molecule has 7 nitrogen and oxygen atoms in total. The number of carbonyl (C=O) groups excluding carboxylic acids is 2. The van der Waals surface area contributed by atoms with Crippen LogP contribution in [0.5, 0.6) is 0 Å². The van der Waals surface area contributed by atoms with Crippen molar-refractivity contribution in [1.29, 1.82) is 0 Å². The predicted octanol–water partition coefficient (Wildman–Crippen LogP) is 3.05. The predicted molar refractivity (Wildman–Crippen MR) is 117 cm³/mol. The number of hydrogen-bond donors (Lipinski definition) is 2. The fourth-order valence-corrected chi connectivity index (χ4v) is 5.43. The van der Waals surface area contributed by atoms with Gasteiger partial charge in [-0.25, -0.2) is 8.42 Å². The van der Waals surface area contributed by atoms with Crippen molar-refractivity contribution in [2.45, 2.75) is 41.7 Å². The molecule has 1 aliphatic heterocycles. The number of nitrogens with one attached hydrogen (secondary N) is 2. The third-order valence-electron chi connectivity index (χ3n) is 4.60. The standard InChI is InChI=1S/C21H25N3O4S2/c1-15(2)29-18-9-5-16(6-10-18)20(25)22-23-21(26)17-7-11-19(12-8-17)30(27,28)24-13-3-4-14-24/h5-12,15H,3-4,13-14H2,1-2H3,(H,22,25)(H,23,26). The van der Waals surface area contributed by atoms with Crippen LogP contribution in [0.3, 0.4) is 0 Å². The SMILES string of the molecule is CC(C)Sc1ccc(C(=O)NNC(=O)c2ccc(S(=O)(=O)N3CCCC3)cc2)cc1. The maximum absolute atomic E-state index is 12.5. The fraction of sp³-hybridized carbons (Fsp3) is 0.333. The Labute approximate surface area is 181 Å². The van der Waals surface area contributed by atoms with Gasteiger partial charge in [-0.2, -0.15) is 4.31 Å². The number of sulfonamides is 1. The first kappa shape index (κ1) is 22.3. The molecule has 30 heavy (non-hydrogen) atoms. The molecular formula is C21H25N3O4S2. The molecule has 1 saturated heterocycles. The Hall–Kier alpha value is -2.36. The molecule has 3 rings (SSSR count). The molecule has 0 radical (unpaired) electrons. The number of amides is 2. The average molecular weight is 448 g/mol. The zero-order valence-corrected chi connectivity index (χ0v) is 18.6. The number of thioether (sulfide) groups is 1. The number of hydrazine groups is 1. The summed E-state index contributed by atoms with van der Waals surface area (Å²) in [6, 6.07) is 12.8. The summed E-state index contributed by atoms with van der Waals surface area (Å²) in [5.74, 6) is -0.960. The van der Waals surface area contributed by atoms with E-state index in [1.54, 1.807) is 23.9 Å². The van der Waals surface area contributed by atoms with Gasteiger partial charge in [-0.1, -0.05) is 13.8 Å². The second kappa shape index (κ2) is 9.63. The molecular weight excluding hydrogens is 422 g/mol. The molecule has 0 aliphatic carbocycles. The summed E-state index contributed by atoms with van der Waals surface area (Å²) in [6.45, 7) is 5.23. The van der Waals surface area contributed by atoms with Crippen LogP contribution in [-0.2, 0) is 10.0 Å². The van der Waals surface area contributed by atoms with Crippen molar-refractivity contribution in [2.75, 3.05) is 13.1 Å². The molecule has 2 N–H and O–H groups in total. The number of carbonyl (C=O) groups is 2. The minimum atomic E-state index is -3.52. The van der Waals surface area contributed by atoms with Crippen LogP contribution in [0.25, 0.3) is 0 Å². The van der Waals surface area contributed by atoms with E-state index in [9.17, 15) is 18.0 Å². The van der Waals surface area contributed by atoms with Crippen LogP contribution in [0.4, 0.5) is 0 Å². The van der Waals surface area contributed by atoms with Crippen molar-refractivity contribution in [3.8, 4) is 0 Å². The topological polar surface area (TPSA) is 95.6 Å². The minimum absolute atomic E-state index is 0.157. The van der Waals surface area contributed by atoms with Crippen LogP contribution >= 0.6 is 11.8 Å². The Balaban J connectivity index is 1.57. The van der Waals surface area contributed by atoms with Gasteiger partial charge >= 0.3 is 0 Å². The van der Waals surface area contributed by atoms with E-state index in [-0.39, 0.29) is 10.5 Å². The van der Waals surface area contributed by atoms with Crippen LogP contribution in [0.1, 0.15) is 47.4 Å². The van der Waals surface area contributed by atoms with Gasteiger partial charge < -0.3 is 0 Å². The van der Waals surface area contributed by atoms with Crippen molar-refractivity contribution in [3.05, 3.63) is 59.7 Å². The van der Waals surface area contributed by atoms with Crippen molar-refractivity contribution in [3.63, 3.8) is 0 Å². The summed E-state index contributed by atoms with van der Waals surface area (Å²) in [4.78, 5) is 25.7. The van der Waals surface area contributed by atoms with E-state index in [0.717, 1.165) is 17.7 Å². The Kier molecular flexibility index (Phi) is 7.17. The highest BCUT2D eigenvalue weighted by molar-refractivity contribution is 7.99. The van der Waals surface area contributed by atoms with Gasteiger partial charge in [0.2, 0.25) is 10.0 Å². The lowest BCUT2D eigenvalue weighted by atomic mass is 10.2. The van der Waals surface area contributed by atoms with Gasteiger partial charge in [-0.15, -0.1) is 11.8 Å². The zero-order chi connectivity index (χ0) is 21.7. The Morgan fingerprint density at radius 2 is 1.33 bits per heavy atom. The molecule has 9 heteroatoms. The number of rotatable bonds is 6. The minimum Gasteiger partial charge on any atom is -0.267 e. The van der Waals surface area contributed by atoms with E-state index in [0.29, 0.717) is 23.9 Å². The van der Waals surface area contributed by atoms with E-state index < -0.39 is 21.8 Å². The monoisotopic (exact) mass is 447 g/mol. The summed E-state index contributed by atoms with van der Waals surface area (Å²) >= 11 is 1.70. The summed E-state index contributed by atoms with van der Waals surface area (Å²) in [5, 5.41) is 0.445. The normalized spacial score (nSPS) is 14.6. The molecule has 2 amide bonds. The quantitative estimate of drug-likeness (QED) is 0.524. The second-order valence-corrected chi connectivity index (χ2v) is 10.8. The van der Waals surface area contributed by atoms with Crippen LogP contribution in [-0.4, -0.2) is 42.9 Å². The largest absolute Gasteiger partial charge is 0.269 e. The Morgan fingerprint density at radius 3 is 1.80 bits per heavy atom. The lowest BCUT2D eigenvalue weighted by Gasteiger charge is -2.15. The van der Waals surface area contributed by atoms with E-state index >= 15 is 0 Å². The molecule has 0 unspecified atom stereocenters. The third-order valence-corrected chi connectivity index (χ3v) is 7.53. The van der Waals surface area contributed by atoms with Gasteiger partial charge in [-0.05, 0) is 61.4 Å². The molecule has 0 aromatic heterocycles. The zero-order valence-electron chi connectivity index (χ0n) is 16.9. The molecule has 0 saturated carbocycles. The number of benzene rings is 2. The molecule has 0 spiro atoms. The van der Waals surface area contributed by atoms with Gasteiger partial charge in [0.05, 0.1) is 4.90 Å². The van der Waals surface area contributed by atoms with Crippen LogP contribution in [0, 0.1) is 0 Å². The molecule has 0 atom stereocenters. The van der Waals surface area contributed by atoms with Crippen molar-refractivity contribution in [2.24, 2.45) is 0 Å². The smallest absolute Gasteiger partial charge is 0.267 e. The van der Waals surface area contributed by atoms with E-state index in [2.05, 4.69) is 24.7 Å². The molecule has 2 aromatic rings. The van der Waals surface area contributed by atoms with Crippen molar-refractivity contribution in [1.82, 2.24) is 15.2 Å². The fourth-order valence-electron chi connectivity index (χ4n) is 3.07. The van der Waals surface area contributed by atoms with Gasteiger partial charge in [-0.3, -0.25) is 20.4 Å². The molecule has 1 heterocycles. The second-order valence-electron chi connectivity index (χ2n) is 7.23. The van der Waals surface area contributed by atoms with Crippen molar-refractivity contribution < 1.29 is 18.0 Å². The highest BCUT2D eigenvalue weighted by Crippen LogP contribution is 2.23. The maximum Gasteiger partial charge on any atom is 0.269 e. The highest BCUT2D eigenvalue weighted by Gasteiger charge is 2.27. The molecule has 160 valence electrons. The summed E-state index contributed by atoms with van der Waals surface area (Å²) < 4.78 is 26.5. The molecule has 0 bridgehead atoms. The first-order valence-corrected chi connectivity index (χ1v) is 12.1. The van der Waals surface area contributed by atoms with Gasteiger partial charge in [0.1, 0.15) is 0 Å². The Morgan fingerprint density at radius 1 is 0.867 bits per heavy atom. The Bertz CT molecular complexity index is 998. The molecule has 1 fully saturated rings. The first-order valence-electron chi connectivity index (χ1n) is 9.75. The number of nitrogens with zero attached hydrogens (tertiary/aromatic N) is 1. The summed E-state index contributed by atoms with van der Waals surface area (Å²) in [7, 11) is -3.52. The lowest BCUT2D eigenvalue weighted by Crippen LogP contribution is -2.41. The summed E-state index contributed by atoms with van der Waals surface area (Å²) in [6.07, 6.45) is 1.72. The molecule has 2 aromatic carbocycles. The van der Waals surface area contributed by atoms with Crippen LogP contribution < -0.4 is 10.9 Å². The van der Waals surface area contributed by atoms with Gasteiger partial charge in [0.15, 0.2) is 0 Å². The van der Waals surface area contributed by atoms with Gasteiger partial charge in [0.25, 0.3) is 11.8 Å².